The second-order valence-corrected chi connectivity index (χ2v) is 3.64. The van der Waals surface area contributed by atoms with E-state index in [2.05, 4.69) is 12.6 Å². The Morgan fingerprint density at radius 2 is 2.18 bits per heavy atom. The second kappa shape index (κ2) is 6.49. The first kappa shape index (κ1) is 13.0. The van der Waals surface area contributed by atoms with Gasteiger partial charge in [0.15, 0.2) is 0 Å². The number of rotatable bonds is 5. The Hall–Kier alpha value is -2.08. The quantitative estimate of drug-likeness (QED) is 0.726. The number of hydrogen-bond acceptors (Lipinski definition) is 2. The second-order valence-electron chi connectivity index (χ2n) is 3.64. The summed E-state index contributed by atoms with van der Waals surface area (Å²) in [4.78, 5) is 13.8. The maximum Gasteiger partial charge on any atom is 0.244 e. The molecule has 88 valence electrons. The maximum absolute atomic E-state index is 12.2. The van der Waals surface area contributed by atoms with Crippen molar-refractivity contribution in [2.45, 2.75) is 12.8 Å². The van der Waals surface area contributed by atoms with Gasteiger partial charge < -0.3 is 4.90 Å². The van der Waals surface area contributed by atoms with E-state index in [0.717, 1.165) is 5.56 Å². The summed E-state index contributed by atoms with van der Waals surface area (Å²) in [6.07, 6.45) is 1.67. The van der Waals surface area contributed by atoms with E-state index in [1.165, 1.54) is 0 Å². The molecule has 3 nitrogen and oxygen atoms in total. The number of amides is 1. The highest BCUT2D eigenvalue weighted by Crippen LogP contribution is 2.17. The lowest BCUT2D eigenvalue weighted by molar-refractivity contribution is -0.130. The summed E-state index contributed by atoms with van der Waals surface area (Å²) in [5.74, 6) is -0.891. The Balaban J connectivity index is 2.92. The van der Waals surface area contributed by atoms with Gasteiger partial charge in [-0.1, -0.05) is 36.4 Å². The Morgan fingerprint density at radius 3 is 2.65 bits per heavy atom. The van der Waals surface area contributed by atoms with E-state index < -0.39 is 5.92 Å². The molecule has 17 heavy (non-hydrogen) atoms. The van der Waals surface area contributed by atoms with Crippen LogP contribution < -0.4 is 0 Å². The molecule has 3 heteroatoms. The topological polar surface area (TPSA) is 44.1 Å². The van der Waals surface area contributed by atoms with Crippen molar-refractivity contribution in [1.82, 2.24) is 4.90 Å². The van der Waals surface area contributed by atoms with Crippen LogP contribution in [0.15, 0.2) is 43.0 Å². The number of carbonyl (C=O) groups is 1. The number of nitrogens with zero attached hydrogens (tertiary/aromatic N) is 2. The van der Waals surface area contributed by atoms with Gasteiger partial charge in [-0.25, -0.2) is 0 Å². The fraction of sp³-hybridized carbons (Fsp3) is 0.286. The van der Waals surface area contributed by atoms with Crippen molar-refractivity contribution in [3.05, 3.63) is 48.6 Å². The minimum atomic E-state index is -0.726. The molecule has 0 saturated heterocycles. The van der Waals surface area contributed by atoms with Crippen LogP contribution in [0.25, 0.3) is 0 Å². The molecule has 1 amide bonds. The number of likely N-dealkylation sites (N-methyl/N-ethyl adjacent to an activating group) is 1. The summed E-state index contributed by atoms with van der Waals surface area (Å²) in [6, 6.07) is 11.2. The minimum absolute atomic E-state index is 0.166. The summed E-state index contributed by atoms with van der Waals surface area (Å²) >= 11 is 0. The van der Waals surface area contributed by atoms with Crippen LogP contribution in [0, 0.1) is 11.3 Å². The molecule has 0 radical (unpaired) electrons. The fourth-order valence-electron chi connectivity index (χ4n) is 1.63. The first-order valence-corrected chi connectivity index (χ1v) is 5.58. The summed E-state index contributed by atoms with van der Waals surface area (Å²) in [6.45, 7) is 6.55. The average molecular weight is 228 g/mol. The van der Waals surface area contributed by atoms with Crippen molar-refractivity contribution in [3.63, 3.8) is 0 Å². The third-order valence-electron chi connectivity index (χ3n) is 2.55. The summed E-state index contributed by atoms with van der Waals surface area (Å²) < 4.78 is 0. The predicted octanol–water partition coefficient (Wildman–Crippen LogP) is 2.33. The highest BCUT2D eigenvalue weighted by Gasteiger charge is 2.23. The predicted molar refractivity (Wildman–Crippen MR) is 67.2 cm³/mol. The van der Waals surface area contributed by atoms with Crippen molar-refractivity contribution in [2.24, 2.45) is 0 Å². The first-order chi connectivity index (χ1) is 8.24. The number of hydrogen-bond donors (Lipinski definition) is 0. The normalized spacial score (nSPS) is 11.3. The van der Waals surface area contributed by atoms with E-state index >= 15 is 0 Å². The highest BCUT2D eigenvalue weighted by atomic mass is 16.2. The minimum Gasteiger partial charge on any atom is -0.338 e. The third kappa shape index (κ3) is 3.18. The SMILES string of the molecule is C=CCN(CC)C(=O)C(C#N)c1ccccc1. The Kier molecular flexibility index (Phi) is 4.96. The Morgan fingerprint density at radius 1 is 1.53 bits per heavy atom. The molecule has 0 N–H and O–H groups in total. The molecule has 1 atom stereocenters. The van der Waals surface area contributed by atoms with Crippen LogP contribution in [0.2, 0.25) is 0 Å². The molecule has 0 spiro atoms. The third-order valence-corrected chi connectivity index (χ3v) is 2.55. The molecule has 0 aromatic heterocycles. The molecule has 0 aliphatic heterocycles. The lowest BCUT2D eigenvalue weighted by atomic mass is 9.99. The zero-order valence-corrected chi connectivity index (χ0v) is 9.97. The lowest BCUT2D eigenvalue weighted by Gasteiger charge is -2.21. The molecule has 1 aromatic rings. The molecule has 1 unspecified atom stereocenters. The Labute approximate surface area is 102 Å². The zero-order chi connectivity index (χ0) is 12.7. The van der Waals surface area contributed by atoms with Crippen LogP contribution >= 0.6 is 0 Å². The van der Waals surface area contributed by atoms with Crippen LogP contribution in [0.5, 0.6) is 0 Å². The van der Waals surface area contributed by atoms with E-state index in [4.69, 9.17) is 5.26 Å². The number of carbonyl (C=O) groups excluding carboxylic acids is 1. The van der Waals surface area contributed by atoms with E-state index in [1.807, 2.05) is 25.1 Å². The van der Waals surface area contributed by atoms with Gasteiger partial charge in [0.25, 0.3) is 0 Å². The van der Waals surface area contributed by atoms with Crippen LogP contribution in [0.4, 0.5) is 0 Å². The summed E-state index contributed by atoms with van der Waals surface area (Å²) in [7, 11) is 0. The standard InChI is InChI=1S/C14H16N2O/c1-3-10-16(4-2)14(17)13(11-15)12-8-6-5-7-9-12/h3,5-9,13H,1,4,10H2,2H3. The van der Waals surface area contributed by atoms with E-state index in [0.29, 0.717) is 13.1 Å². The van der Waals surface area contributed by atoms with Gasteiger partial charge in [0, 0.05) is 13.1 Å². The molecular formula is C14H16N2O. The number of benzene rings is 1. The van der Waals surface area contributed by atoms with Crippen molar-refractivity contribution in [2.75, 3.05) is 13.1 Å². The Bertz CT molecular complexity index is 420. The van der Waals surface area contributed by atoms with Crippen LogP contribution in [-0.4, -0.2) is 23.9 Å². The molecular weight excluding hydrogens is 212 g/mol. The van der Waals surface area contributed by atoms with Crippen molar-refractivity contribution in [3.8, 4) is 6.07 Å². The maximum atomic E-state index is 12.2. The van der Waals surface area contributed by atoms with Gasteiger partial charge in [0.2, 0.25) is 5.91 Å². The molecule has 0 heterocycles. The molecule has 0 aliphatic carbocycles. The van der Waals surface area contributed by atoms with Gasteiger partial charge in [0.05, 0.1) is 6.07 Å². The van der Waals surface area contributed by atoms with Crippen LogP contribution in [0.3, 0.4) is 0 Å². The average Bonchev–Trinajstić information content (AvgIpc) is 2.38. The summed E-state index contributed by atoms with van der Waals surface area (Å²) in [5.41, 5.74) is 0.738. The highest BCUT2D eigenvalue weighted by molar-refractivity contribution is 5.86. The van der Waals surface area contributed by atoms with Crippen molar-refractivity contribution < 1.29 is 4.79 Å². The monoisotopic (exact) mass is 228 g/mol. The van der Waals surface area contributed by atoms with E-state index in [1.54, 1.807) is 23.1 Å². The molecule has 0 bridgehead atoms. The summed E-state index contributed by atoms with van der Waals surface area (Å²) in [5, 5.41) is 9.14. The molecule has 1 aromatic carbocycles. The van der Waals surface area contributed by atoms with Gasteiger partial charge in [-0.2, -0.15) is 5.26 Å². The molecule has 0 saturated carbocycles. The van der Waals surface area contributed by atoms with Crippen molar-refractivity contribution >= 4 is 5.91 Å². The molecule has 0 fully saturated rings. The van der Waals surface area contributed by atoms with E-state index in [-0.39, 0.29) is 5.91 Å². The first-order valence-electron chi connectivity index (χ1n) is 5.58. The van der Waals surface area contributed by atoms with Gasteiger partial charge in [-0.05, 0) is 12.5 Å². The van der Waals surface area contributed by atoms with Gasteiger partial charge in [-0.15, -0.1) is 6.58 Å². The van der Waals surface area contributed by atoms with Crippen molar-refractivity contribution in [1.29, 1.82) is 5.26 Å². The fourth-order valence-corrected chi connectivity index (χ4v) is 1.63. The van der Waals surface area contributed by atoms with Crippen LogP contribution in [0.1, 0.15) is 18.4 Å². The van der Waals surface area contributed by atoms with Crippen LogP contribution in [-0.2, 0) is 4.79 Å². The lowest BCUT2D eigenvalue weighted by Crippen LogP contribution is -2.34. The molecule has 0 aliphatic rings. The smallest absolute Gasteiger partial charge is 0.244 e. The zero-order valence-electron chi connectivity index (χ0n) is 9.97. The number of nitriles is 1. The van der Waals surface area contributed by atoms with Gasteiger partial charge >= 0.3 is 0 Å². The largest absolute Gasteiger partial charge is 0.338 e. The van der Waals surface area contributed by atoms with Gasteiger partial charge in [-0.3, -0.25) is 4.79 Å². The van der Waals surface area contributed by atoms with Gasteiger partial charge in [0.1, 0.15) is 5.92 Å². The molecule has 1 rings (SSSR count). The van der Waals surface area contributed by atoms with E-state index in [9.17, 15) is 4.79 Å².